The van der Waals surface area contributed by atoms with Crippen LogP contribution in [0.2, 0.25) is 10.0 Å². The third kappa shape index (κ3) is 2.98. The smallest absolute Gasteiger partial charge is 0.128 e. The van der Waals surface area contributed by atoms with Gasteiger partial charge in [-0.1, -0.05) is 60.5 Å². The average Bonchev–Trinajstić information content (AvgIpc) is 2.44. The third-order valence-corrected chi connectivity index (χ3v) is 4.44. The van der Waals surface area contributed by atoms with E-state index in [0.717, 1.165) is 5.56 Å². The largest absolute Gasteiger partial charge is 0.321 e. The third-order valence-electron chi connectivity index (χ3n) is 3.58. The minimum atomic E-state index is -0.806. The SMILES string of the molecule is CCC(N)(Cc1cccc(Cl)c1Cl)c1ccccc1F. The molecule has 1 atom stereocenters. The molecule has 0 spiro atoms. The number of benzene rings is 2. The topological polar surface area (TPSA) is 26.0 Å². The van der Waals surface area contributed by atoms with Crippen LogP contribution in [-0.2, 0) is 12.0 Å². The molecule has 0 aliphatic carbocycles. The first-order chi connectivity index (χ1) is 9.48. The molecule has 106 valence electrons. The zero-order valence-electron chi connectivity index (χ0n) is 11.2. The molecule has 0 aliphatic heterocycles. The van der Waals surface area contributed by atoms with Crippen molar-refractivity contribution < 1.29 is 4.39 Å². The van der Waals surface area contributed by atoms with Crippen LogP contribution in [0.4, 0.5) is 4.39 Å². The van der Waals surface area contributed by atoms with Crippen LogP contribution in [0.25, 0.3) is 0 Å². The molecule has 4 heteroatoms. The van der Waals surface area contributed by atoms with Crippen molar-refractivity contribution >= 4 is 23.2 Å². The molecule has 20 heavy (non-hydrogen) atoms. The predicted octanol–water partition coefficient (Wildman–Crippen LogP) is 4.94. The first-order valence-corrected chi connectivity index (χ1v) is 7.20. The van der Waals surface area contributed by atoms with Crippen molar-refractivity contribution in [1.29, 1.82) is 0 Å². The first-order valence-electron chi connectivity index (χ1n) is 6.44. The lowest BCUT2D eigenvalue weighted by atomic mass is 9.82. The van der Waals surface area contributed by atoms with E-state index in [4.69, 9.17) is 28.9 Å². The van der Waals surface area contributed by atoms with Gasteiger partial charge in [0.25, 0.3) is 0 Å². The van der Waals surface area contributed by atoms with Gasteiger partial charge in [-0.05, 0) is 30.5 Å². The zero-order chi connectivity index (χ0) is 14.8. The second kappa shape index (κ2) is 6.13. The van der Waals surface area contributed by atoms with Gasteiger partial charge in [0, 0.05) is 11.1 Å². The highest BCUT2D eigenvalue weighted by molar-refractivity contribution is 6.42. The van der Waals surface area contributed by atoms with Crippen molar-refractivity contribution in [3.8, 4) is 0 Å². The Labute approximate surface area is 128 Å². The number of halogens is 3. The van der Waals surface area contributed by atoms with E-state index in [1.807, 2.05) is 19.1 Å². The summed E-state index contributed by atoms with van der Waals surface area (Å²) >= 11 is 12.2. The second-order valence-corrected chi connectivity index (χ2v) is 5.66. The van der Waals surface area contributed by atoms with Crippen molar-refractivity contribution in [2.45, 2.75) is 25.3 Å². The van der Waals surface area contributed by atoms with Gasteiger partial charge in [-0.2, -0.15) is 0 Å². The van der Waals surface area contributed by atoms with E-state index in [1.54, 1.807) is 24.3 Å². The highest BCUT2D eigenvalue weighted by atomic mass is 35.5. The van der Waals surface area contributed by atoms with Crippen LogP contribution in [0, 0.1) is 5.82 Å². The Morgan fingerprint density at radius 3 is 2.45 bits per heavy atom. The first kappa shape index (κ1) is 15.3. The molecule has 0 heterocycles. The number of rotatable bonds is 4. The molecule has 2 aromatic carbocycles. The molecule has 0 aliphatic rings. The van der Waals surface area contributed by atoms with Crippen molar-refractivity contribution in [1.82, 2.24) is 0 Å². The van der Waals surface area contributed by atoms with E-state index in [2.05, 4.69) is 0 Å². The second-order valence-electron chi connectivity index (χ2n) is 4.88. The van der Waals surface area contributed by atoms with E-state index in [0.29, 0.717) is 28.5 Å². The zero-order valence-corrected chi connectivity index (χ0v) is 12.7. The summed E-state index contributed by atoms with van der Waals surface area (Å²) in [5, 5.41) is 0.963. The van der Waals surface area contributed by atoms with Gasteiger partial charge in [0.15, 0.2) is 0 Å². The van der Waals surface area contributed by atoms with Crippen molar-refractivity contribution in [3.05, 3.63) is 69.5 Å². The molecular formula is C16H16Cl2FN. The molecule has 1 nitrogen and oxygen atoms in total. The quantitative estimate of drug-likeness (QED) is 0.850. The number of nitrogens with two attached hydrogens (primary N) is 1. The summed E-state index contributed by atoms with van der Waals surface area (Å²) in [5.74, 6) is -0.296. The molecule has 2 N–H and O–H groups in total. The van der Waals surface area contributed by atoms with E-state index in [1.165, 1.54) is 6.07 Å². The van der Waals surface area contributed by atoms with E-state index >= 15 is 0 Å². The van der Waals surface area contributed by atoms with E-state index < -0.39 is 5.54 Å². The highest BCUT2D eigenvalue weighted by Crippen LogP contribution is 2.33. The maximum atomic E-state index is 14.0. The molecule has 0 radical (unpaired) electrons. The van der Waals surface area contributed by atoms with Crippen molar-refractivity contribution in [2.24, 2.45) is 5.73 Å². The Balaban J connectivity index is 2.42. The maximum absolute atomic E-state index is 14.0. The fraction of sp³-hybridized carbons (Fsp3) is 0.250. The van der Waals surface area contributed by atoms with Crippen LogP contribution < -0.4 is 5.73 Å². The Morgan fingerprint density at radius 2 is 1.80 bits per heavy atom. The summed E-state index contributed by atoms with van der Waals surface area (Å²) in [5.41, 5.74) is 6.95. The average molecular weight is 312 g/mol. The minimum Gasteiger partial charge on any atom is -0.321 e. The summed E-state index contributed by atoms with van der Waals surface area (Å²) in [6.45, 7) is 1.94. The van der Waals surface area contributed by atoms with E-state index in [-0.39, 0.29) is 5.82 Å². The molecule has 0 saturated heterocycles. The van der Waals surface area contributed by atoms with Gasteiger partial charge in [-0.25, -0.2) is 4.39 Å². The minimum absolute atomic E-state index is 0.296. The number of hydrogen-bond acceptors (Lipinski definition) is 1. The molecule has 0 fully saturated rings. The van der Waals surface area contributed by atoms with Gasteiger partial charge in [-0.3, -0.25) is 0 Å². The molecule has 1 unspecified atom stereocenters. The standard InChI is InChI=1S/C16H16Cl2FN/c1-2-16(20,12-7-3-4-9-14(12)19)10-11-6-5-8-13(17)15(11)18/h3-9H,2,10,20H2,1H3. The van der Waals surface area contributed by atoms with Crippen molar-refractivity contribution in [2.75, 3.05) is 0 Å². The summed E-state index contributed by atoms with van der Waals surface area (Å²) in [4.78, 5) is 0. The van der Waals surface area contributed by atoms with Gasteiger partial charge in [0.1, 0.15) is 5.82 Å². The lowest BCUT2D eigenvalue weighted by Crippen LogP contribution is -2.39. The Hall–Kier alpha value is -1.09. The summed E-state index contributed by atoms with van der Waals surface area (Å²) in [6.07, 6.45) is 1.03. The predicted molar refractivity (Wildman–Crippen MR) is 82.7 cm³/mol. The monoisotopic (exact) mass is 311 g/mol. The summed E-state index contributed by atoms with van der Waals surface area (Å²) in [7, 11) is 0. The van der Waals surface area contributed by atoms with Crippen LogP contribution >= 0.6 is 23.2 Å². The highest BCUT2D eigenvalue weighted by Gasteiger charge is 2.29. The van der Waals surface area contributed by atoms with Gasteiger partial charge < -0.3 is 5.73 Å². The molecule has 2 rings (SSSR count). The van der Waals surface area contributed by atoms with Gasteiger partial charge in [-0.15, -0.1) is 0 Å². The molecule has 0 amide bonds. The number of hydrogen-bond donors (Lipinski definition) is 1. The van der Waals surface area contributed by atoms with Gasteiger partial charge >= 0.3 is 0 Å². The molecule has 2 aromatic rings. The lowest BCUT2D eigenvalue weighted by Gasteiger charge is -2.30. The summed E-state index contributed by atoms with van der Waals surface area (Å²) < 4.78 is 14.0. The molecule has 0 saturated carbocycles. The Kier molecular flexibility index (Phi) is 4.69. The van der Waals surface area contributed by atoms with Crippen LogP contribution in [0.5, 0.6) is 0 Å². The van der Waals surface area contributed by atoms with Crippen LogP contribution in [0.3, 0.4) is 0 Å². The molecule has 0 bridgehead atoms. The fourth-order valence-electron chi connectivity index (χ4n) is 2.30. The van der Waals surface area contributed by atoms with Gasteiger partial charge in [0.2, 0.25) is 0 Å². The van der Waals surface area contributed by atoms with Gasteiger partial charge in [0.05, 0.1) is 10.0 Å². The van der Waals surface area contributed by atoms with Crippen LogP contribution in [-0.4, -0.2) is 0 Å². The van der Waals surface area contributed by atoms with E-state index in [9.17, 15) is 4.39 Å². The van der Waals surface area contributed by atoms with Crippen LogP contribution in [0.1, 0.15) is 24.5 Å². The maximum Gasteiger partial charge on any atom is 0.128 e. The van der Waals surface area contributed by atoms with Crippen LogP contribution in [0.15, 0.2) is 42.5 Å². The lowest BCUT2D eigenvalue weighted by molar-refractivity contribution is 0.403. The summed E-state index contributed by atoms with van der Waals surface area (Å²) in [6, 6.07) is 12.0. The molecular weight excluding hydrogens is 296 g/mol. The van der Waals surface area contributed by atoms with Crippen molar-refractivity contribution in [3.63, 3.8) is 0 Å². The normalized spacial score (nSPS) is 14.1. The fourth-order valence-corrected chi connectivity index (χ4v) is 2.69. The Bertz CT molecular complexity index is 615. The Morgan fingerprint density at radius 1 is 1.10 bits per heavy atom. The molecule has 0 aromatic heterocycles.